The molecule has 0 bridgehead atoms. The summed E-state index contributed by atoms with van der Waals surface area (Å²) in [4.78, 5) is 24.4. The van der Waals surface area contributed by atoms with Crippen LogP contribution in [0, 0.1) is 0 Å². The van der Waals surface area contributed by atoms with Crippen LogP contribution in [0.2, 0.25) is 0 Å². The van der Waals surface area contributed by atoms with Gasteiger partial charge in [0.25, 0.3) is 10.0 Å². The number of imide groups is 1. The molecule has 1 heterocycles. The zero-order valence-corrected chi connectivity index (χ0v) is 14.7. The second-order valence-corrected chi connectivity index (χ2v) is 7.25. The molecule has 1 saturated heterocycles. The topological polar surface area (TPSA) is 105 Å². The molecule has 2 N–H and O–H groups in total. The Morgan fingerprint density at radius 2 is 1.92 bits per heavy atom. The predicted molar refractivity (Wildman–Crippen MR) is 94.2 cm³/mol. The van der Waals surface area contributed by atoms with Gasteiger partial charge in [-0.15, -0.1) is 0 Å². The number of methoxy groups -OCH3 is 1. The minimum absolute atomic E-state index is 0.0157. The molecular formula is C17H17N3O5S. The number of carbonyl (C=O) groups is 2. The van der Waals surface area contributed by atoms with E-state index in [1.807, 2.05) is 0 Å². The number of hydrogen-bond acceptors (Lipinski definition) is 5. The Hall–Kier alpha value is -3.07. The van der Waals surface area contributed by atoms with Crippen LogP contribution in [0.15, 0.2) is 53.4 Å². The van der Waals surface area contributed by atoms with Crippen molar-refractivity contribution in [2.45, 2.75) is 11.4 Å². The smallest absolute Gasteiger partial charge is 0.324 e. The lowest BCUT2D eigenvalue weighted by Gasteiger charge is -2.14. The van der Waals surface area contributed by atoms with Crippen molar-refractivity contribution in [1.82, 2.24) is 10.2 Å². The third-order valence-corrected chi connectivity index (χ3v) is 5.24. The molecule has 8 nitrogen and oxygen atoms in total. The monoisotopic (exact) mass is 375 g/mol. The molecule has 1 fully saturated rings. The predicted octanol–water partition coefficient (Wildman–Crippen LogP) is 1.55. The van der Waals surface area contributed by atoms with Crippen LogP contribution in [0.3, 0.4) is 0 Å². The highest BCUT2D eigenvalue weighted by atomic mass is 32.2. The van der Waals surface area contributed by atoms with E-state index in [1.165, 1.54) is 13.2 Å². The summed E-state index contributed by atoms with van der Waals surface area (Å²) in [5.41, 5.74) is 0.941. The van der Waals surface area contributed by atoms with E-state index >= 15 is 0 Å². The number of para-hydroxylation sites is 1. The summed E-state index contributed by atoms with van der Waals surface area (Å²) in [7, 11) is -2.46. The number of anilines is 1. The van der Waals surface area contributed by atoms with Crippen molar-refractivity contribution >= 4 is 27.6 Å². The van der Waals surface area contributed by atoms with E-state index in [1.54, 1.807) is 42.5 Å². The number of nitrogens with one attached hydrogen (secondary N) is 2. The molecule has 0 aromatic heterocycles. The van der Waals surface area contributed by atoms with Gasteiger partial charge in [0.1, 0.15) is 10.6 Å². The SMILES string of the molecule is COc1ccccc1S(=O)(=O)Nc1cccc(CN2C(=O)CNC2=O)c1. The average Bonchev–Trinajstić information content (AvgIpc) is 2.93. The number of benzene rings is 2. The largest absolute Gasteiger partial charge is 0.495 e. The fourth-order valence-electron chi connectivity index (χ4n) is 2.58. The van der Waals surface area contributed by atoms with Crippen LogP contribution in [0.4, 0.5) is 10.5 Å². The lowest BCUT2D eigenvalue weighted by molar-refractivity contribution is -0.125. The van der Waals surface area contributed by atoms with Gasteiger partial charge in [-0.3, -0.25) is 14.4 Å². The molecule has 0 aliphatic carbocycles. The normalized spacial score (nSPS) is 14.3. The Kier molecular flexibility index (Phi) is 4.81. The first-order chi connectivity index (χ1) is 12.4. The summed E-state index contributed by atoms with van der Waals surface area (Å²) in [6.45, 7) is 0.0356. The molecule has 9 heteroatoms. The molecular weight excluding hydrogens is 358 g/mol. The average molecular weight is 375 g/mol. The van der Waals surface area contributed by atoms with Gasteiger partial charge in [-0.2, -0.15) is 0 Å². The summed E-state index contributed by atoms with van der Waals surface area (Å²) >= 11 is 0. The van der Waals surface area contributed by atoms with E-state index in [-0.39, 0.29) is 29.6 Å². The van der Waals surface area contributed by atoms with Crippen molar-refractivity contribution in [1.29, 1.82) is 0 Å². The second kappa shape index (κ2) is 7.04. The second-order valence-electron chi connectivity index (χ2n) is 5.60. The summed E-state index contributed by atoms with van der Waals surface area (Å²) in [6.07, 6.45) is 0. The molecule has 0 saturated carbocycles. The highest BCUT2D eigenvalue weighted by Gasteiger charge is 2.28. The van der Waals surface area contributed by atoms with E-state index in [4.69, 9.17) is 4.74 Å². The molecule has 1 aliphatic rings. The number of hydrogen-bond donors (Lipinski definition) is 2. The number of rotatable bonds is 6. The van der Waals surface area contributed by atoms with E-state index in [0.29, 0.717) is 11.3 Å². The highest BCUT2D eigenvalue weighted by molar-refractivity contribution is 7.92. The van der Waals surface area contributed by atoms with E-state index in [2.05, 4.69) is 10.0 Å². The molecule has 0 atom stereocenters. The van der Waals surface area contributed by atoms with Gasteiger partial charge < -0.3 is 10.1 Å². The zero-order valence-electron chi connectivity index (χ0n) is 13.9. The minimum Gasteiger partial charge on any atom is -0.495 e. The number of sulfonamides is 1. The molecule has 3 rings (SSSR count). The van der Waals surface area contributed by atoms with Gasteiger partial charge in [-0.1, -0.05) is 24.3 Å². The third-order valence-electron chi connectivity index (χ3n) is 3.82. The van der Waals surface area contributed by atoms with Crippen LogP contribution in [-0.2, 0) is 21.4 Å². The Bertz CT molecular complexity index is 942. The maximum Gasteiger partial charge on any atom is 0.324 e. The van der Waals surface area contributed by atoms with Crippen molar-refractivity contribution in [3.63, 3.8) is 0 Å². The van der Waals surface area contributed by atoms with Gasteiger partial charge in [-0.05, 0) is 29.8 Å². The van der Waals surface area contributed by atoms with Crippen molar-refractivity contribution in [2.24, 2.45) is 0 Å². The van der Waals surface area contributed by atoms with Gasteiger partial charge in [0.05, 0.1) is 20.2 Å². The summed E-state index contributed by atoms with van der Waals surface area (Å²) in [5.74, 6) is -0.0921. The number of urea groups is 1. The fourth-order valence-corrected chi connectivity index (χ4v) is 3.80. The van der Waals surface area contributed by atoms with Crippen molar-refractivity contribution < 1.29 is 22.7 Å². The maximum atomic E-state index is 12.6. The van der Waals surface area contributed by atoms with Crippen LogP contribution in [0.5, 0.6) is 5.75 Å². The quantitative estimate of drug-likeness (QED) is 0.746. The van der Waals surface area contributed by atoms with E-state index in [9.17, 15) is 18.0 Å². The van der Waals surface area contributed by atoms with Crippen LogP contribution in [0.1, 0.15) is 5.56 Å². The Morgan fingerprint density at radius 1 is 1.15 bits per heavy atom. The van der Waals surface area contributed by atoms with Gasteiger partial charge in [0.2, 0.25) is 5.91 Å². The number of nitrogens with zero attached hydrogens (tertiary/aromatic N) is 1. The summed E-state index contributed by atoms with van der Waals surface area (Å²) < 4.78 is 32.8. The molecule has 0 radical (unpaired) electrons. The summed E-state index contributed by atoms with van der Waals surface area (Å²) in [5, 5.41) is 2.44. The molecule has 2 aromatic rings. The van der Waals surface area contributed by atoms with Gasteiger partial charge in [-0.25, -0.2) is 13.2 Å². The van der Waals surface area contributed by atoms with E-state index in [0.717, 1.165) is 4.90 Å². The Morgan fingerprint density at radius 3 is 2.62 bits per heavy atom. The van der Waals surface area contributed by atoms with Crippen molar-refractivity contribution in [3.05, 3.63) is 54.1 Å². The zero-order chi connectivity index (χ0) is 18.7. The molecule has 26 heavy (non-hydrogen) atoms. The molecule has 3 amide bonds. The van der Waals surface area contributed by atoms with Crippen molar-refractivity contribution in [2.75, 3.05) is 18.4 Å². The van der Waals surface area contributed by atoms with Gasteiger partial charge >= 0.3 is 6.03 Å². The van der Waals surface area contributed by atoms with Crippen molar-refractivity contribution in [3.8, 4) is 5.75 Å². The van der Waals surface area contributed by atoms with Crippen LogP contribution in [-0.4, -0.2) is 38.9 Å². The molecule has 0 unspecified atom stereocenters. The minimum atomic E-state index is -3.86. The first-order valence-electron chi connectivity index (χ1n) is 7.74. The Labute approximate surface area is 150 Å². The highest BCUT2D eigenvalue weighted by Crippen LogP contribution is 2.25. The molecule has 0 spiro atoms. The van der Waals surface area contributed by atoms with E-state index < -0.39 is 16.1 Å². The standard InChI is InChI=1S/C17H17N3O5S/c1-25-14-7-2-3-8-15(14)26(23,24)19-13-6-4-5-12(9-13)11-20-16(21)10-18-17(20)22/h2-9,19H,10-11H2,1H3,(H,18,22). The van der Waals surface area contributed by atoms with Crippen LogP contribution >= 0.6 is 0 Å². The number of carbonyl (C=O) groups excluding carboxylic acids is 2. The first kappa shape index (κ1) is 17.7. The molecule has 136 valence electrons. The Balaban J connectivity index is 1.82. The molecule has 1 aliphatic heterocycles. The number of ether oxygens (including phenoxy) is 1. The van der Waals surface area contributed by atoms with Gasteiger partial charge in [0.15, 0.2) is 0 Å². The van der Waals surface area contributed by atoms with Crippen LogP contribution < -0.4 is 14.8 Å². The maximum absolute atomic E-state index is 12.6. The van der Waals surface area contributed by atoms with Crippen LogP contribution in [0.25, 0.3) is 0 Å². The first-order valence-corrected chi connectivity index (χ1v) is 9.22. The lowest BCUT2D eigenvalue weighted by atomic mass is 10.2. The fraction of sp³-hybridized carbons (Fsp3) is 0.176. The third kappa shape index (κ3) is 3.62. The lowest BCUT2D eigenvalue weighted by Crippen LogP contribution is -2.30. The summed E-state index contributed by atoms with van der Waals surface area (Å²) in [6, 6.07) is 12.3. The molecule has 2 aromatic carbocycles. The van der Waals surface area contributed by atoms with Gasteiger partial charge in [0, 0.05) is 5.69 Å². The number of amides is 3.